The molecule has 0 bridgehead atoms. The molecule has 0 aromatic heterocycles. The molecule has 88 valence electrons. The van der Waals surface area contributed by atoms with Crippen LogP contribution < -0.4 is 0 Å². The first-order chi connectivity index (χ1) is 7.72. The summed E-state index contributed by atoms with van der Waals surface area (Å²) in [6, 6.07) is 9.23. The van der Waals surface area contributed by atoms with Gasteiger partial charge in [0.25, 0.3) is 0 Å². The van der Waals surface area contributed by atoms with Crippen molar-refractivity contribution in [1.82, 2.24) is 0 Å². The van der Waals surface area contributed by atoms with Gasteiger partial charge in [-0.1, -0.05) is 60.5 Å². The summed E-state index contributed by atoms with van der Waals surface area (Å²) >= 11 is 3.79. The summed E-state index contributed by atoms with van der Waals surface area (Å²) in [6.45, 7) is 4.63. The Bertz CT molecular complexity index is 345. The molecule has 3 unspecified atom stereocenters. The molecule has 3 atom stereocenters. The number of alkyl halides is 1. The zero-order valence-electron chi connectivity index (χ0n) is 10.2. The molecule has 1 aliphatic carbocycles. The van der Waals surface area contributed by atoms with Gasteiger partial charge in [0, 0.05) is 4.83 Å². The van der Waals surface area contributed by atoms with E-state index < -0.39 is 0 Å². The monoisotopic (exact) mass is 280 g/mol. The Morgan fingerprint density at radius 2 is 2.12 bits per heavy atom. The van der Waals surface area contributed by atoms with E-state index in [-0.39, 0.29) is 0 Å². The first-order valence-corrected chi connectivity index (χ1v) is 7.37. The van der Waals surface area contributed by atoms with Gasteiger partial charge >= 0.3 is 0 Å². The maximum absolute atomic E-state index is 3.79. The van der Waals surface area contributed by atoms with Gasteiger partial charge < -0.3 is 0 Å². The van der Waals surface area contributed by atoms with Gasteiger partial charge in [-0.3, -0.25) is 0 Å². The second kappa shape index (κ2) is 5.35. The Hall–Kier alpha value is -0.300. The van der Waals surface area contributed by atoms with E-state index in [0.29, 0.717) is 4.83 Å². The summed E-state index contributed by atoms with van der Waals surface area (Å²) < 4.78 is 0. The molecule has 0 N–H and O–H groups in total. The minimum Gasteiger partial charge on any atom is -0.0888 e. The molecule has 1 fully saturated rings. The first kappa shape index (κ1) is 12.2. The van der Waals surface area contributed by atoms with Gasteiger partial charge in [-0.25, -0.2) is 0 Å². The Labute approximate surface area is 108 Å². The van der Waals surface area contributed by atoms with Crippen LogP contribution in [0.1, 0.15) is 50.2 Å². The van der Waals surface area contributed by atoms with Gasteiger partial charge in [0.15, 0.2) is 0 Å². The third-order valence-corrected chi connectivity index (χ3v) is 5.17. The van der Waals surface area contributed by atoms with Crippen molar-refractivity contribution in [1.29, 1.82) is 0 Å². The fourth-order valence-corrected chi connectivity index (χ4v) is 3.49. The molecular formula is C15H21Br. The minimum absolute atomic E-state index is 0.715. The lowest BCUT2D eigenvalue weighted by Crippen LogP contribution is -2.09. The van der Waals surface area contributed by atoms with E-state index in [0.717, 1.165) is 11.8 Å². The van der Waals surface area contributed by atoms with Crippen molar-refractivity contribution >= 4 is 15.9 Å². The standard InChI is InChI=1S/C15H21Br/c1-3-5-12-6-4-7-13(10-12)14-8-9-15(16)11(14)2/h4,6-7,10-11,14-15H,3,5,8-9H2,1-2H3. The van der Waals surface area contributed by atoms with Gasteiger partial charge in [0.05, 0.1) is 0 Å². The molecule has 16 heavy (non-hydrogen) atoms. The molecule has 0 saturated heterocycles. The number of rotatable bonds is 3. The largest absolute Gasteiger partial charge is 0.0888 e. The highest BCUT2D eigenvalue weighted by Gasteiger charge is 2.31. The van der Waals surface area contributed by atoms with E-state index >= 15 is 0 Å². The molecule has 1 heteroatoms. The lowest BCUT2D eigenvalue weighted by molar-refractivity contribution is 0.544. The van der Waals surface area contributed by atoms with Crippen molar-refractivity contribution < 1.29 is 0 Å². The van der Waals surface area contributed by atoms with Gasteiger partial charge in [-0.05, 0) is 42.2 Å². The smallest absolute Gasteiger partial charge is 0.0177 e. The van der Waals surface area contributed by atoms with E-state index in [1.807, 2.05) is 0 Å². The van der Waals surface area contributed by atoms with Crippen LogP contribution in [-0.2, 0) is 6.42 Å². The summed E-state index contributed by atoms with van der Waals surface area (Å²) in [5.74, 6) is 1.54. The zero-order valence-corrected chi connectivity index (χ0v) is 11.8. The maximum Gasteiger partial charge on any atom is 0.0177 e. The van der Waals surface area contributed by atoms with Crippen LogP contribution >= 0.6 is 15.9 Å². The van der Waals surface area contributed by atoms with Gasteiger partial charge in [0.1, 0.15) is 0 Å². The van der Waals surface area contributed by atoms with E-state index in [1.165, 1.54) is 31.2 Å². The van der Waals surface area contributed by atoms with Gasteiger partial charge in [-0.15, -0.1) is 0 Å². The van der Waals surface area contributed by atoms with Crippen molar-refractivity contribution in [3.8, 4) is 0 Å². The van der Waals surface area contributed by atoms with E-state index in [1.54, 1.807) is 5.56 Å². The van der Waals surface area contributed by atoms with Crippen molar-refractivity contribution in [3.05, 3.63) is 35.4 Å². The Kier molecular flexibility index (Phi) is 4.07. The molecule has 1 saturated carbocycles. The minimum atomic E-state index is 0.715. The second-order valence-electron chi connectivity index (χ2n) is 5.05. The highest BCUT2D eigenvalue weighted by molar-refractivity contribution is 9.09. The van der Waals surface area contributed by atoms with Crippen LogP contribution in [0.15, 0.2) is 24.3 Å². The van der Waals surface area contributed by atoms with E-state index in [4.69, 9.17) is 0 Å². The Balaban J connectivity index is 2.17. The molecule has 1 aromatic carbocycles. The van der Waals surface area contributed by atoms with Crippen LogP contribution in [-0.4, -0.2) is 4.83 Å². The molecule has 0 amide bonds. The van der Waals surface area contributed by atoms with Crippen molar-refractivity contribution in [2.24, 2.45) is 5.92 Å². The second-order valence-corrected chi connectivity index (χ2v) is 6.23. The summed E-state index contributed by atoms with van der Waals surface area (Å²) in [5.41, 5.74) is 3.06. The number of hydrogen-bond donors (Lipinski definition) is 0. The third-order valence-electron chi connectivity index (χ3n) is 3.88. The van der Waals surface area contributed by atoms with Crippen molar-refractivity contribution in [2.45, 2.75) is 50.3 Å². The third kappa shape index (κ3) is 2.51. The molecule has 0 heterocycles. The Morgan fingerprint density at radius 3 is 2.75 bits per heavy atom. The summed E-state index contributed by atoms with van der Waals surface area (Å²) in [6.07, 6.45) is 5.12. The average Bonchev–Trinajstić information content (AvgIpc) is 2.61. The van der Waals surface area contributed by atoms with Gasteiger partial charge in [-0.2, -0.15) is 0 Å². The quantitative estimate of drug-likeness (QED) is 0.690. The summed E-state index contributed by atoms with van der Waals surface area (Å²) in [7, 11) is 0. The highest BCUT2D eigenvalue weighted by Crippen LogP contribution is 2.42. The summed E-state index contributed by atoms with van der Waals surface area (Å²) in [4.78, 5) is 0.715. The van der Waals surface area contributed by atoms with Crippen LogP contribution in [0.5, 0.6) is 0 Å². The molecule has 1 aliphatic rings. The van der Waals surface area contributed by atoms with Crippen LogP contribution in [0, 0.1) is 5.92 Å². The molecule has 1 aromatic rings. The lowest BCUT2D eigenvalue weighted by Gasteiger charge is -2.18. The van der Waals surface area contributed by atoms with E-state index in [2.05, 4.69) is 54.0 Å². The molecule has 0 radical (unpaired) electrons. The maximum atomic E-state index is 3.79. The highest BCUT2D eigenvalue weighted by atomic mass is 79.9. The fourth-order valence-electron chi connectivity index (χ4n) is 2.85. The topological polar surface area (TPSA) is 0 Å². The molecule has 0 aliphatic heterocycles. The molecule has 0 nitrogen and oxygen atoms in total. The average molecular weight is 281 g/mol. The predicted molar refractivity (Wildman–Crippen MR) is 74.3 cm³/mol. The van der Waals surface area contributed by atoms with Crippen LogP contribution in [0.3, 0.4) is 0 Å². The number of benzene rings is 1. The van der Waals surface area contributed by atoms with E-state index in [9.17, 15) is 0 Å². The number of halogens is 1. The van der Waals surface area contributed by atoms with Crippen molar-refractivity contribution in [2.75, 3.05) is 0 Å². The predicted octanol–water partition coefficient (Wildman–Crippen LogP) is 4.92. The Morgan fingerprint density at radius 1 is 1.31 bits per heavy atom. The summed E-state index contributed by atoms with van der Waals surface area (Å²) in [5, 5.41) is 0. The number of hydrogen-bond acceptors (Lipinski definition) is 0. The zero-order chi connectivity index (χ0) is 11.5. The molecule has 2 rings (SSSR count). The van der Waals surface area contributed by atoms with Crippen LogP contribution in [0.2, 0.25) is 0 Å². The lowest BCUT2D eigenvalue weighted by atomic mass is 9.89. The SMILES string of the molecule is CCCc1cccc(C2CCC(Br)C2C)c1. The van der Waals surface area contributed by atoms with Gasteiger partial charge in [0.2, 0.25) is 0 Å². The number of aryl methyl sites for hydroxylation is 1. The molecular weight excluding hydrogens is 260 g/mol. The fraction of sp³-hybridized carbons (Fsp3) is 0.600. The van der Waals surface area contributed by atoms with Crippen molar-refractivity contribution in [3.63, 3.8) is 0 Å². The van der Waals surface area contributed by atoms with Crippen LogP contribution in [0.25, 0.3) is 0 Å². The normalized spacial score (nSPS) is 29.6. The van der Waals surface area contributed by atoms with Crippen LogP contribution in [0.4, 0.5) is 0 Å². The first-order valence-electron chi connectivity index (χ1n) is 6.45. The molecule has 0 spiro atoms.